The number of carbonyl (C=O) groups excluding carboxylic acids is 2. The first kappa shape index (κ1) is 25.0. The molecule has 2 atom stereocenters. The van der Waals surface area contributed by atoms with Gasteiger partial charge in [-0.3, -0.25) is 14.5 Å². The highest BCUT2D eigenvalue weighted by molar-refractivity contribution is 14.1. The van der Waals surface area contributed by atoms with E-state index in [-0.39, 0.29) is 22.4 Å². The number of carboxylic acid groups (broad SMARTS) is 1. The molecular weight excluding hydrogens is 600 g/mol. The molecule has 2 N–H and O–H groups in total. The summed E-state index contributed by atoms with van der Waals surface area (Å²) >= 11 is 7.69. The maximum absolute atomic E-state index is 13.8. The molecule has 2 amide bonds. The maximum atomic E-state index is 13.8. The Balaban J connectivity index is 1.97. The second kappa shape index (κ2) is 9.15. The molecule has 1 aliphatic rings. The Bertz CT molecular complexity index is 1320. The minimum atomic E-state index is -4.63. The van der Waals surface area contributed by atoms with E-state index in [1.165, 1.54) is 36.4 Å². The lowest BCUT2D eigenvalue weighted by Crippen LogP contribution is -2.54. The predicted octanol–water partition coefficient (Wildman–Crippen LogP) is 5.87. The Morgan fingerprint density at radius 2 is 1.60 bits per heavy atom. The van der Waals surface area contributed by atoms with Gasteiger partial charge in [0.15, 0.2) is 6.04 Å². The summed E-state index contributed by atoms with van der Waals surface area (Å²) in [5.41, 5.74) is -0.627. The second-order valence-electron chi connectivity index (χ2n) is 7.66. The quantitative estimate of drug-likeness (QED) is 0.219. The van der Waals surface area contributed by atoms with Gasteiger partial charge in [0.1, 0.15) is 0 Å². The molecule has 0 aromatic heterocycles. The van der Waals surface area contributed by atoms with Crippen LogP contribution in [0.3, 0.4) is 0 Å². The summed E-state index contributed by atoms with van der Waals surface area (Å²) in [5.74, 6) is -3.03. The molecule has 0 spiro atoms. The molecule has 0 aliphatic carbocycles. The molecule has 3 aromatic carbocycles. The summed E-state index contributed by atoms with van der Waals surface area (Å²) in [6.07, 6.45) is -4.63. The maximum Gasteiger partial charge on any atom is 0.416 e. The van der Waals surface area contributed by atoms with Gasteiger partial charge in [0.25, 0.3) is 11.8 Å². The van der Waals surface area contributed by atoms with E-state index in [2.05, 4.69) is 5.32 Å². The zero-order valence-electron chi connectivity index (χ0n) is 17.5. The van der Waals surface area contributed by atoms with Crippen molar-refractivity contribution < 1.29 is 32.7 Å². The van der Waals surface area contributed by atoms with Crippen molar-refractivity contribution >= 4 is 57.7 Å². The van der Waals surface area contributed by atoms with Gasteiger partial charge in [-0.05, 0) is 70.1 Å². The standard InChI is InChI=1S/C24H15ClF3IN2O4/c25-16-11-9-14(10-12-16)23(29)22(35)30-18-4-2-1-3-17(18)20(32)31(23)19(21(33)34)13-5-7-15(8-6-13)24(26,27)28/h1-12,19H,(H,30,35)(H,33,34). The van der Waals surface area contributed by atoms with Crippen LogP contribution in [0.1, 0.15) is 33.1 Å². The molecule has 1 aliphatic heterocycles. The number of fused-ring (bicyclic) bond motifs is 1. The van der Waals surface area contributed by atoms with Gasteiger partial charge in [-0.1, -0.05) is 48.0 Å². The summed E-state index contributed by atoms with van der Waals surface area (Å²) < 4.78 is 37.4. The van der Waals surface area contributed by atoms with Crippen LogP contribution in [-0.2, 0) is 19.3 Å². The Morgan fingerprint density at radius 1 is 1.00 bits per heavy atom. The molecular formula is C24H15ClF3IN2O4. The van der Waals surface area contributed by atoms with Crippen LogP contribution in [0.2, 0.25) is 5.02 Å². The zero-order valence-corrected chi connectivity index (χ0v) is 20.4. The monoisotopic (exact) mass is 614 g/mol. The lowest BCUT2D eigenvalue weighted by Gasteiger charge is -2.40. The first-order chi connectivity index (χ1) is 16.4. The third-order valence-corrected chi connectivity index (χ3v) is 7.41. The molecule has 2 unspecified atom stereocenters. The highest BCUT2D eigenvalue weighted by Crippen LogP contribution is 2.46. The van der Waals surface area contributed by atoms with E-state index in [9.17, 15) is 32.7 Å². The van der Waals surface area contributed by atoms with Crippen molar-refractivity contribution in [3.63, 3.8) is 0 Å². The van der Waals surface area contributed by atoms with Crippen molar-refractivity contribution in [2.24, 2.45) is 0 Å². The van der Waals surface area contributed by atoms with Crippen molar-refractivity contribution in [1.82, 2.24) is 4.90 Å². The van der Waals surface area contributed by atoms with Gasteiger partial charge in [0.05, 0.1) is 16.8 Å². The van der Waals surface area contributed by atoms with E-state index in [1.807, 2.05) is 0 Å². The number of benzene rings is 3. The van der Waals surface area contributed by atoms with E-state index in [0.29, 0.717) is 5.02 Å². The number of para-hydroxylation sites is 1. The molecule has 1 heterocycles. The fourth-order valence-corrected chi connectivity index (χ4v) is 4.97. The predicted molar refractivity (Wildman–Crippen MR) is 130 cm³/mol. The summed E-state index contributed by atoms with van der Waals surface area (Å²) in [7, 11) is 0. The third kappa shape index (κ3) is 4.47. The van der Waals surface area contributed by atoms with Crippen molar-refractivity contribution in [3.05, 3.63) is 100 Å². The number of anilines is 1. The second-order valence-corrected chi connectivity index (χ2v) is 9.66. The number of amides is 2. The van der Waals surface area contributed by atoms with Crippen molar-refractivity contribution in [3.8, 4) is 0 Å². The highest BCUT2D eigenvalue weighted by atomic mass is 127. The summed E-state index contributed by atoms with van der Waals surface area (Å²) in [6.45, 7) is 0. The fraction of sp³-hybridized carbons (Fsp3) is 0.125. The number of nitrogens with zero attached hydrogens (tertiary/aromatic N) is 1. The van der Waals surface area contributed by atoms with E-state index in [1.54, 1.807) is 34.7 Å². The Hall–Kier alpha value is -3.12. The smallest absolute Gasteiger partial charge is 0.416 e. The summed E-state index contributed by atoms with van der Waals surface area (Å²) in [5, 5.41) is 13.2. The van der Waals surface area contributed by atoms with Crippen LogP contribution in [0, 0.1) is 0 Å². The lowest BCUT2D eigenvalue weighted by atomic mass is 9.97. The van der Waals surface area contributed by atoms with Crippen molar-refractivity contribution in [1.29, 1.82) is 0 Å². The Kier molecular flexibility index (Phi) is 6.54. The van der Waals surface area contributed by atoms with Gasteiger partial charge in [-0.2, -0.15) is 13.2 Å². The molecule has 6 nitrogen and oxygen atoms in total. The van der Waals surface area contributed by atoms with Crippen LogP contribution in [0.15, 0.2) is 72.8 Å². The minimum Gasteiger partial charge on any atom is -0.479 e. The highest BCUT2D eigenvalue weighted by Gasteiger charge is 2.53. The van der Waals surface area contributed by atoms with Crippen LogP contribution in [-0.4, -0.2) is 27.8 Å². The van der Waals surface area contributed by atoms with E-state index >= 15 is 0 Å². The van der Waals surface area contributed by atoms with Crippen LogP contribution in [0.5, 0.6) is 0 Å². The van der Waals surface area contributed by atoms with Gasteiger partial charge in [0.2, 0.25) is 3.55 Å². The van der Waals surface area contributed by atoms with Crippen LogP contribution < -0.4 is 5.32 Å². The Labute approximate surface area is 215 Å². The normalized spacial score (nSPS) is 18.9. The molecule has 0 saturated carbocycles. The minimum absolute atomic E-state index is 0.0338. The molecule has 0 radical (unpaired) electrons. The van der Waals surface area contributed by atoms with Gasteiger partial charge >= 0.3 is 12.1 Å². The summed E-state index contributed by atoms with van der Waals surface area (Å²) in [6, 6.07) is 13.7. The number of hydrogen-bond donors (Lipinski definition) is 2. The van der Waals surface area contributed by atoms with Gasteiger partial charge in [-0.25, -0.2) is 4.79 Å². The van der Waals surface area contributed by atoms with Gasteiger partial charge in [0, 0.05) is 5.02 Å². The average molecular weight is 615 g/mol. The molecule has 4 rings (SSSR count). The van der Waals surface area contributed by atoms with Crippen molar-refractivity contribution in [2.75, 3.05) is 5.32 Å². The first-order valence-electron chi connectivity index (χ1n) is 10.0. The first-order valence-corrected chi connectivity index (χ1v) is 11.5. The van der Waals surface area contributed by atoms with Crippen molar-refractivity contribution in [2.45, 2.75) is 15.8 Å². The largest absolute Gasteiger partial charge is 0.479 e. The van der Waals surface area contributed by atoms with Crippen LogP contribution in [0.25, 0.3) is 0 Å². The number of carbonyl (C=O) groups is 3. The van der Waals surface area contributed by atoms with Gasteiger partial charge in [-0.15, -0.1) is 0 Å². The van der Waals surface area contributed by atoms with Gasteiger partial charge < -0.3 is 10.4 Å². The molecule has 0 fully saturated rings. The van der Waals surface area contributed by atoms with E-state index in [4.69, 9.17) is 11.6 Å². The number of nitrogens with one attached hydrogen (secondary N) is 1. The van der Waals surface area contributed by atoms with E-state index < -0.39 is 39.1 Å². The SMILES string of the molecule is O=C(O)C(c1ccc(C(F)(F)F)cc1)N1C(=O)c2ccccc2NC(=O)C1(I)c1ccc(Cl)cc1. The number of aliphatic carboxylic acids is 1. The number of halogens is 5. The number of rotatable bonds is 4. The summed E-state index contributed by atoms with van der Waals surface area (Å²) in [4.78, 5) is 40.9. The zero-order chi connectivity index (χ0) is 25.5. The Morgan fingerprint density at radius 3 is 2.17 bits per heavy atom. The van der Waals surface area contributed by atoms with E-state index in [0.717, 1.165) is 29.2 Å². The van der Waals surface area contributed by atoms with Crippen LogP contribution in [0.4, 0.5) is 18.9 Å². The third-order valence-electron chi connectivity index (χ3n) is 5.53. The molecule has 180 valence electrons. The topological polar surface area (TPSA) is 86.7 Å². The molecule has 35 heavy (non-hydrogen) atoms. The lowest BCUT2D eigenvalue weighted by molar-refractivity contribution is -0.144. The number of carboxylic acids is 1. The number of alkyl halides is 4. The molecule has 0 bridgehead atoms. The average Bonchev–Trinajstić information content (AvgIpc) is 2.89. The fourth-order valence-electron chi connectivity index (χ4n) is 3.86. The number of hydrogen-bond acceptors (Lipinski definition) is 3. The molecule has 11 heteroatoms. The van der Waals surface area contributed by atoms with Crippen LogP contribution >= 0.6 is 34.2 Å². The molecule has 0 saturated heterocycles. The molecule has 3 aromatic rings.